The van der Waals surface area contributed by atoms with Gasteiger partial charge in [-0.05, 0) is 44.4 Å². The molecule has 1 aromatic carbocycles. The molecule has 0 spiro atoms. The number of likely N-dealkylation sites (N-methyl/N-ethyl adjacent to an activating group) is 1. The van der Waals surface area contributed by atoms with Gasteiger partial charge in [-0.1, -0.05) is 15.9 Å². The van der Waals surface area contributed by atoms with Crippen LogP contribution < -0.4 is 5.73 Å². The molecule has 122 valence electrons. The molecule has 2 unspecified atom stereocenters. The van der Waals surface area contributed by atoms with Gasteiger partial charge in [-0.15, -0.1) is 0 Å². The maximum Gasteiger partial charge on any atom is 0.239 e. The number of phenolic OH excluding ortho intramolecular Hbond substituents is 1. The van der Waals surface area contributed by atoms with Crippen molar-refractivity contribution in [1.82, 2.24) is 4.90 Å². The molecule has 5 nitrogen and oxygen atoms in total. The fraction of sp³-hybridized carbons (Fsp3) is 0.562. The van der Waals surface area contributed by atoms with Gasteiger partial charge >= 0.3 is 0 Å². The Balaban J connectivity index is 2.00. The largest absolute Gasteiger partial charge is 0.508 e. The summed E-state index contributed by atoms with van der Waals surface area (Å²) >= 11 is 3.38. The zero-order valence-electron chi connectivity index (χ0n) is 12.8. The van der Waals surface area contributed by atoms with E-state index >= 15 is 0 Å². The number of aromatic hydroxyl groups is 1. The summed E-state index contributed by atoms with van der Waals surface area (Å²) in [6.45, 7) is 3.56. The maximum atomic E-state index is 12.5. The van der Waals surface area contributed by atoms with Crippen LogP contribution in [0, 0.1) is 0 Å². The van der Waals surface area contributed by atoms with Gasteiger partial charge in [0.15, 0.2) is 0 Å². The lowest BCUT2D eigenvalue weighted by atomic mass is 10.1. The molecule has 0 bridgehead atoms. The smallest absolute Gasteiger partial charge is 0.239 e. The zero-order chi connectivity index (χ0) is 16.1. The Morgan fingerprint density at radius 2 is 2.36 bits per heavy atom. The van der Waals surface area contributed by atoms with Crippen molar-refractivity contribution in [1.29, 1.82) is 0 Å². The quantitative estimate of drug-likeness (QED) is 0.805. The summed E-state index contributed by atoms with van der Waals surface area (Å²) in [7, 11) is 0. The van der Waals surface area contributed by atoms with E-state index in [1.165, 1.54) is 0 Å². The van der Waals surface area contributed by atoms with Crippen molar-refractivity contribution in [2.75, 3.05) is 13.2 Å². The minimum Gasteiger partial charge on any atom is -0.508 e. The van der Waals surface area contributed by atoms with Gasteiger partial charge in [0.05, 0.1) is 12.1 Å². The molecule has 1 aliphatic rings. The Hall–Kier alpha value is -1.11. The number of hydrogen-bond acceptors (Lipinski definition) is 4. The number of amides is 1. The van der Waals surface area contributed by atoms with E-state index in [4.69, 9.17) is 10.5 Å². The lowest BCUT2D eigenvalue weighted by molar-refractivity contribution is -0.133. The van der Waals surface area contributed by atoms with Crippen LogP contribution in [-0.2, 0) is 16.1 Å². The molecular formula is C16H23BrN2O3. The van der Waals surface area contributed by atoms with Crippen molar-refractivity contribution in [2.24, 2.45) is 5.73 Å². The second-order valence-electron chi connectivity index (χ2n) is 5.60. The standard InChI is InChI=1S/C16H23BrN2O3/c1-2-19(10-11-8-12(17)5-6-15(11)20)16(21)14(18)9-13-4-3-7-22-13/h5-6,8,13-14,20H,2-4,7,9-10,18H2,1H3. The predicted molar refractivity (Wildman–Crippen MR) is 88.5 cm³/mol. The van der Waals surface area contributed by atoms with Gasteiger partial charge in [-0.25, -0.2) is 0 Å². The third kappa shape index (κ3) is 4.44. The molecule has 0 radical (unpaired) electrons. The molecule has 1 aliphatic heterocycles. The fourth-order valence-electron chi connectivity index (χ4n) is 2.68. The first-order chi connectivity index (χ1) is 10.5. The average Bonchev–Trinajstić information content (AvgIpc) is 3.00. The highest BCUT2D eigenvalue weighted by atomic mass is 79.9. The molecule has 1 aromatic rings. The van der Waals surface area contributed by atoms with E-state index in [0.717, 1.165) is 23.9 Å². The van der Waals surface area contributed by atoms with Crippen LogP contribution in [0.15, 0.2) is 22.7 Å². The summed E-state index contributed by atoms with van der Waals surface area (Å²) in [5, 5.41) is 9.92. The number of benzene rings is 1. The minimum atomic E-state index is -0.558. The molecule has 0 saturated carbocycles. The number of ether oxygens (including phenoxy) is 1. The SMILES string of the molecule is CCN(Cc1cc(Br)ccc1O)C(=O)C(N)CC1CCCO1. The van der Waals surface area contributed by atoms with Gasteiger partial charge in [-0.2, -0.15) is 0 Å². The minimum absolute atomic E-state index is 0.0944. The van der Waals surface area contributed by atoms with Crippen LogP contribution in [0.4, 0.5) is 0 Å². The van der Waals surface area contributed by atoms with E-state index in [9.17, 15) is 9.90 Å². The Morgan fingerprint density at radius 1 is 1.59 bits per heavy atom. The predicted octanol–water partition coefficient (Wildman–Crippen LogP) is 2.40. The highest BCUT2D eigenvalue weighted by molar-refractivity contribution is 9.10. The van der Waals surface area contributed by atoms with Crippen molar-refractivity contribution in [3.8, 4) is 5.75 Å². The van der Waals surface area contributed by atoms with Crippen LogP contribution >= 0.6 is 15.9 Å². The fourth-order valence-corrected chi connectivity index (χ4v) is 3.09. The van der Waals surface area contributed by atoms with Crippen LogP contribution in [0.1, 0.15) is 31.7 Å². The number of rotatable bonds is 6. The summed E-state index contributed by atoms with van der Waals surface area (Å²) in [4.78, 5) is 14.2. The molecule has 1 fully saturated rings. The van der Waals surface area contributed by atoms with Gasteiger partial charge < -0.3 is 20.5 Å². The molecule has 1 saturated heterocycles. The number of carbonyl (C=O) groups excluding carboxylic acids is 1. The molecule has 2 atom stereocenters. The van der Waals surface area contributed by atoms with Crippen molar-refractivity contribution in [3.63, 3.8) is 0 Å². The summed E-state index contributed by atoms with van der Waals surface area (Å²) in [5.74, 6) is 0.0829. The van der Waals surface area contributed by atoms with E-state index < -0.39 is 6.04 Å². The van der Waals surface area contributed by atoms with Crippen molar-refractivity contribution in [2.45, 2.75) is 44.9 Å². The summed E-state index contributed by atoms with van der Waals surface area (Å²) < 4.78 is 6.41. The first-order valence-electron chi connectivity index (χ1n) is 7.64. The van der Waals surface area contributed by atoms with Crippen LogP contribution in [0.5, 0.6) is 5.75 Å². The number of carbonyl (C=O) groups is 1. The summed E-state index contributed by atoms with van der Waals surface area (Å²) in [6.07, 6.45) is 2.66. The average molecular weight is 371 g/mol. The number of nitrogens with two attached hydrogens (primary N) is 1. The lowest BCUT2D eigenvalue weighted by Gasteiger charge is -2.26. The molecule has 2 rings (SSSR count). The summed E-state index contributed by atoms with van der Waals surface area (Å²) in [6, 6.07) is 4.64. The van der Waals surface area contributed by atoms with E-state index in [1.807, 2.05) is 13.0 Å². The van der Waals surface area contributed by atoms with Crippen LogP contribution in [-0.4, -0.2) is 41.2 Å². The lowest BCUT2D eigenvalue weighted by Crippen LogP contribution is -2.44. The first kappa shape index (κ1) is 17.2. The number of halogens is 1. The molecule has 6 heteroatoms. The molecule has 1 heterocycles. The van der Waals surface area contributed by atoms with Gasteiger partial charge in [0, 0.05) is 29.7 Å². The second kappa shape index (κ2) is 7.94. The molecule has 0 aliphatic carbocycles. The van der Waals surface area contributed by atoms with Gasteiger partial charge in [0.1, 0.15) is 5.75 Å². The zero-order valence-corrected chi connectivity index (χ0v) is 14.4. The maximum absolute atomic E-state index is 12.5. The van der Waals surface area contributed by atoms with E-state index in [2.05, 4.69) is 15.9 Å². The third-order valence-electron chi connectivity index (χ3n) is 3.95. The molecule has 1 amide bonds. The molecule has 3 N–H and O–H groups in total. The Morgan fingerprint density at radius 3 is 3.00 bits per heavy atom. The number of hydrogen-bond donors (Lipinski definition) is 2. The Bertz CT molecular complexity index is 518. The van der Waals surface area contributed by atoms with E-state index in [0.29, 0.717) is 25.1 Å². The van der Waals surface area contributed by atoms with Crippen LogP contribution in [0.2, 0.25) is 0 Å². The highest BCUT2D eigenvalue weighted by Gasteiger charge is 2.26. The second-order valence-corrected chi connectivity index (χ2v) is 6.52. The van der Waals surface area contributed by atoms with Crippen LogP contribution in [0.25, 0.3) is 0 Å². The van der Waals surface area contributed by atoms with Crippen molar-refractivity contribution >= 4 is 21.8 Å². The summed E-state index contributed by atoms with van der Waals surface area (Å²) in [5.41, 5.74) is 6.75. The number of nitrogens with zero attached hydrogens (tertiary/aromatic N) is 1. The monoisotopic (exact) mass is 370 g/mol. The van der Waals surface area contributed by atoms with Crippen molar-refractivity contribution in [3.05, 3.63) is 28.2 Å². The Kier molecular flexibility index (Phi) is 6.23. The van der Waals surface area contributed by atoms with Crippen molar-refractivity contribution < 1.29 is 14.6 Å². The first-order valence-corrected chi connectivity index (χ1v) is 8.44. The number of phenols is 1. The Labute approximate surface area is 139 Å². The van der Waals surface area contributed by atoms with E-state index in [1.54, 1.807) is 17.0 Å². The van der Waals surface area contributed by atoms with Gasteiger partial charge in [0.25, 0.3) is 0 Å². The molecule has 0 aromatic heterocycles. The molecular weight excluding hydrogens is 348 g/mol. The van der Waals surface area contributed by atoms with Gasteiger partial charge in [0.2, 0.25) is 5.91 Å². The van der Waals surface area contributed by atoms with E-state index in [-0.39, 0.29) is 17.8 Å². The third-order valence-corrected chi connectivity index (χ3v) is 4.45. The van der Waals surface area contributed by atoms with Gasteiger partial charge in [-0.3, -0.25) is 4.79 Å². The highest BCUT2D eigenvalue weighted by Crippen LogP contribution is 2.24. The molecule has 22 heavy (non-hydrogen) atoms. The van der Waals surface area contributed by atoms with Crippen LogP contribution in [0.3, 0.4) is 0 Å². The normalized spacial score (nSPS) is 19.1. The topological polar surface area (TPSA) is 75.8 Å².